The van der Waals surface area contributed by atoms with Crippen LogP contribution >= 0.6 is 11.3 Å². The van der Waals surface area contributed by atoms with E-state index < -0.39 is 17.5 Å². The molecular formula is C26H21FO4S. The van der Waals surface area contributed by atoms with Crippen LogP contribution in [0.4, 0.5) is 4.39 Å². The van der Waals surface area contributed by atoms with Gasteiger partial charge >= 0.3 is 5.97 Å². The second kappa shape index (κ2) is 8.85. The van der Waals surface area contributed by atoms with E-state index in [-0.39, 0.29) is 5.92 Å². The Bertz CT molecular complexity index is 1320. The maximum atomic E-state index is 14.8. The maximum absolute atomic E-state index is 14.8. The number of hydrogen-bond acceptors (Lipinski definition) is 4. The van der Waals surface area contributed by atoms with Gasteiger partial charge in [-0.25, -0.2) is 9.18 Å². The number of benzene rings is 3. The van der Waals surface area contributed by atoms with Crippen molar-refractivity contribution in [3.63, 3.8) is 0 Å². The molecule has 4 aromatic rings. The third-order valence-electron chi connectivity index (χ3n) is 5.08. The topological polar surface area (TPSA) is 66.8 Å². The molecule has 4 rings (SSSR count). The molecule has 0 aliphatic carbocycles. The van der Waals surface area contributed by atoms with Gasteiger partial charge in [-0.3, -0.25) is 0 Å². The highest BCUT2D eigenvalue weighted by Crippen LogP contribution is 2.49. The Morgan fingerprint density at radius 3 is 2.47 bits per heavy atom. The number of ether oxygens (including phenoxy) is 1. The Labute approximate surface area is 188 Å². The first-order chi connectivity index (χ1) is 15.3. The number of thiophene rings is 1. The zero-order valence-corrected chi connectivity index (χ0v) is 18.3. The van der Waals surface area contributed by atoms with Crippen LogP contribution in [-0.2, 0) is 4.79 Å². The maximum Gasteiger partial charge on any atom is 0.328 e. The van der Waals surface area contributed by atoms with Gasteiger partial charge in [0, 0.05) is 11.5 Å². The zero-order chi connectivity index (χ0) is 22.8. The zero-order valence-electron chi connectivity index (χ0n) is 17.5. The van der Waals surface area contributed by atoms with E-state index in [0.717, 1.165) is 27.6 Å². The monoisotopic (exact) mass is 448 g/mol. The molecule has 0 fully saturated rings. The molecular weight excluding hydrogens is 427 g/mol. The van der Waals surface area contributed by atoms with Crippen LogP contribution in [0.1, 0.15) is 30.9 Å². The van der Waals surface area contributed by atoms with Gasteiger partial charge in [-0.05, 0) is 52.9 Å². The first-order valence-electron chi connectivity index (χ1n) is 10.1. The molecule has 0 spiro atoms. The third kappa shape index (κ3) is 4.22. The summed E-state index contributed by atoms with van der Waals surface area (Å²) in [5.74, 6) is -0.778. The molecule has 0 radical (unpaired) electrons. The molecule has 0 amide bonds. The van der Waals surface area contributed by atoms with Gasteiger partial charge in [0.05, 0.1) is 9.58 Å². The summed E-state index contributed by atoms with van der Waals surface area (Å²) in [4.78, 5) is 11.5. The molecule has 0 unspecified atom stereocenters. The number of halogens is 1. The second-order valence-corrected chi connectivity index (χ2v) is 8.64. The minimum atomic E-state index is -1.02. The van der Waals surface area contributed by atoms with E-state index >= 15 is 0 Å². The number of carbonyl (C=O) groups is 1. The fourth-order valence-corrected chi connectivity index (χ4v) is 4.72. The highest BCUT2D eigenvalue weighted by Gasteiger charge is 2.22. The largest absolute Gasteiger partial charge is 0.505 e. The van der Waals surface area contributed by atoms with E-state index in [1.807, 2.05) is 24.3 Å². The summed E-state index contributed by atoms with van der Waals surface area (Å²) in [5, 5.41) is 19.2. The van der Waals surface area contributed by atoms with Gasteiger partial charge in [-0.15, -0.1) is 11.3 Å². The van der Waals surface area contributed by atoms with Crippen molar-refractivity contribution in [2.24, 2.45) is 0 Å². The van der Waals surface area contributed by atoms with Crippen LogP contribution < -0.4 is 4.74 Å². The van der Waals surface area contributed by atoms with Crippen LogP contribution in [-0.4, -0.2) is 16.2 Å². The number of phenols is 1. The van der Waals surface area contributed by atoms with Crippen molar-refractivity contribution in [1.82, 2.24) is 0 Å². The van der Waals surface area contributed by atoms with Crippen molar-refractivity contribution in [2.45, 2.75) is 19.8 Å². The lowest BCUT2D eigenvalue weighted by molar-refractivity contribution is -0.131. The Balaban J connectivity index is 1.84. The lowest BCUT2D eigenvalue weighted by Gasteiger charge is -2.14. The molecule has 1 heterocycles. The van der Waals surface area contributed by atoms with Crippen LogP contribution in [0.2, 0.25) is 0 Å². The Kier molecular flexibility index (Phi) is 5.97. The van der Waals surface area contributed by atoms with Crippen LogP contribution in [0.3, 0.4) is 0 Å². The third-order valence-corrected chi connectivity index (χ3v) is 6.29. The predicted molar refractivity (Wildman–Crippen MR) is 126 cm³/mol. The average Bonchev–Trinajstić information content (AvgIpc) is 3.14. The van der Waals surface area contributed by atoms with E-state index in [2.05, 4.69) is 13.8 Å². The highest BCUT2D eigenvalue weighted by atomic mass is 32.1. The number of aromatic hydroxyl groups is 1. The lowest BCUT2D eigenvalue weighted by Crippen LogP contribution is -1.92. The number of rotatable bonds is 6. The summed E-state index contributed by atoms with van der Waals surface area (Å²) < 4.78 is 21.3. The molecule has 162 valence electrons. The van der Waals surface area contributed by atoms with Crippen molar-refractivity contribution in [3.05, 3.63) is 83.7 Å². The molecule has 1 aromatic heterocycles. The quantitative estimate of drug-likeness (QED) is 0.301. The minimum absolute atomic E-state index is 0.253. The molecule has 0 aliphatic heterocycles. The molecule has 0 atom stereocenters. The summed E-state index contributed by atoms with van der Waals surface area (Å²) >= 11 is 1.25. The van der Waals surface area contributed by atoms with Crippen LogP contribution in [0.25, 0.3) is 26.6 Å². The standard InChI is InChI=1S/C26H21FO4S/c1-15(2)18-5-3-4-6-19(18)26-24(20-12-13-21(28)23(27)25(20)32-26)31-17-10-7-16(8-11-17)9-14-22(29)30/h3-15,28H,1-2H3,(H,29,30). The Hall–Kier alpha value is -3.64. The van der Waals surface area contributed by atoms with Gasteiger partial charge in [0.15, 0.2) is 17.3 Å². The molecule has 32 heavy (non-hydrogen) atoms. The number of hydrogen-bond donors (Lipinski definition) is 2. The second-order valence-electron chi connectivity index (χ2n) is 7.62. The number of aliphatic carboxylic acids is 1. The molecule has 0 bridgehead atoms. The summed E-state index contributed by atoms with van der Waals surface area (Å²) in [6.45, 7) is 4.20. The molecule has 2 N–H and O–H groups in total. The lowest BCUT2D eigenvalue weighted by atomic mass is 9.96. The smallest absolute Gasteiger partial charge is 0.328 e. The highest BCUT2D eigenvalue weighted by molar-refractivity contribution is 7.22. The molecule has 0 saturated heterocycles. The normalized spacial score (nSPS) is 11.5. The van der Waals surface area contributed by atoms with E-state index in [1.165, 1.54) is 23.5 Å². The molecule has 6 heteroatoms. The number of carboxylic acids is 1. The van der Waals surface area contributed by atoms with Crippen molar-refractivity contribution in [3.8, 4) is 27.7 Å². The number of phenolic OH excluding ortho intramolecular Hbond substituents is 1. The van der Waals surface area contributed by atoms with Gasteiger partial charge in [0.2, 0.25) is 0 Å². The van der Waals surface area contributed by atoms with Crippen LogP contribution in [0.15, 0.2) is 66.7 Å². The van der Waals surface area contributed by atoms with Gasteiger partial charge in [0.1, 0.15) is 5.75 Å². The summed E-state index contributed by atoms with van der Waals surface area (Å²) in [5.41, 5.74) is 2.79. The van der Waals surface area contributed by atoms with E-state index in [0.29, 0.717) is 21.6 Å². The minimum Gasteiger partial charge on any atom is -0.505 e. The van der Waals surface area contributed by atoms with Crippen molar-refractivity contribution >= 4 is 33.5 Å². The summed E-state index contributed by atoms with van der Waals surface area (Å²) in [6, 6.07) is 17.9. The fourth-order valence-electron chi connectivity index (χ4n) is 3.51. The average molecular weight is 449 g/mol. The van der Waals surface area contributed by atoms with Crippen molar-refractivity contribution < 1.29 is 24.1 Å². The van der Waals surface area contributed by atoms with E-state index in [9.17, 15) is 14.3 Å². The van der Waals surface area contributed by atoms with Crippen LogP contribution in [0.5, 0.6) is 17.2 Å². The number of fused-ring (bicyclic) bond motifs is 1. The SMILES string of the molecule is CC(C)c1ccccc1-c1sc2c(F)c(O)ccc2c1Oc1ccc(C=CC(=O)O)cc1. The van der Waals surface area contributed by atoms with E-state index in [1.54, 1.807) is 30.3 Å². The van der Waals surface area contributed by atoms with Gasteiger partial charge in [-0.2, -0.15) is 0 Å². The van der Waals surface area contributed by atoms with Gasteiger partial charge in [-0.1, -0.05) is 50.2 Å². The first kappa shape index (κ1) is 21.6. The fraction of sp³-hybridized carbons (Fsp3) is 0.115. The molecule has 3 aromatic carbocycles. The molecule has 0 aliphatic rings. The van der Waals surface area contributed by atoms with Crippen LogP contribution in [0, 0.1) is 5.82 Å². The predicted octanol–water partition coefficient (Wildman–Crippen LogP) is 7.43. The Morgan fingerprint density at radius 1 is 1.06 bits per heavy atom. The first-order valence-corrected chi connectivity index (χ1v) is 10.9. The Morgan fingerprint density at radius 2 is 1.78 bits per heavy atom. The van der Waals surface area contributed by atoms with Gasteiger partial charge < -0.3 is 14.9 Å². The number of carboxylic acid groups (broad SMARTS) is 1. The molecule has 0 saturated carbocycles. The summed E-state index contributed by atoms with van der Waals surface area (Å²) in [7, 11) is 0. The summed E-state index contributed by atoms with van der Waals surface area (Å²) in [6.07, 6.45) is 2.56. The van der Waals surface area contributed by atoms with Gasteiger partial charge in [0.25, 0.3) is 0 Å². The molecule has 4 nitrogen and oxygen atoms in total. The van der Waals surface area contributed by atoms with E-state index in [4.69, 9.17) is 9.84 Å². The van der Waals surface area contributed by atoms with Crippen molar-refractivity contribution in [2.75, 3.05) is 0 Å². The van der Waals surface area contributed by atoms with Crippen molar-refractivity contribution in [1.29, 1.82) is 0 Å².